The fourth-order valence-corrected chi connectivity index (χ4v) is 6.14. The molecule has 3 heterocycles. The van der Waals surface area contributed by atoms with Crippen molar-refractivity contribution in [2.75, 3.05) is 11.7 Å². The van der Waals surface area contributed by atoms with Gasteiger partial charge in [-0.1, -0.05) is 24.3 Å². The molecule has 0 saturated heterocycles. The van der Waals surface area contributed by atoms with Crippen LogP contribution in [0.4, 0.5) is 17.6 Å². The van der Waals surface area contributed by atoms with E-state index in [0.717, 1.165) is 23.4 Å². The van der Waals surface area contributed by atoms with Crippen molar-refractivity contribution in [3.8, 4) is 5.75 Å². The Hall–Kier alpha value is -3.80. The highest BCUT2D eigenvalue weighted by atomic mass is 32.2. The SMILES string of the molecule is C[C@@H](N1CN([C@H]2c3ccccc3CSc3ccc(F)cc32)n2ccc(=O)c(OC(=O)C3CC3)c2C1=O)C(F)(F)F. The van der Waals surface area contributed by atoms with Crippen molar-refractivity contribution in [3.05, 3.63) is 93.2 Å². The average Bonchev–Trinajstić information content (AvgIpc) is 3.77. The van der Waals surface area contributed by atoms with Crippen molar-refractivity contribution in [1.82, 2.24) is 9.58 Å². The van der Waals surface area contributed by atoms with Gasteiger partial charge in [0.05, 0.1) is 12.0 Å². The number of ether oxygens (including phenoxy) is 1. The number of aromatic nitrogens is 1. The molecular weight excluding hydrogens is 550 g/mol. The lowest BCUT2D eigenvalue weighted by molar-refractivity contribution is -0.173. The van der Waals surface area contributed by atoms with E-state index in [1.807, 2.05) is 18.2 Å². The smallest absolute Gasteiger partial charge is 0.408 e. The Morgan fingerprint density at radius 2 is 1.82 bits per heavy atom. The largest absolute Gasteiger partial charge is 0.420 e. The van der Waals surface area contributed by atoms with Crippen LogP contribution in [-0.2, 0) is 10.5 Å². The Morgan fingerprint density at radius 1 is 1.07 bits per heavy atom. The number of thioether (sulfide) groups is 1. The van der Waals surface area contributed by atoms with Gasteiger partial charge in [0.15, 0.2) is 5.69 Å². The van der Waals surface area contributed by atoms with Crippen molar-refractivity contribution in [3.63, 3.8) is 0 Å². The molecule has 6 rings (SSSR count). The van der Waals surface area contributed by atoms with E-state index in [9.17, 15) is 31.9 Å². The van der Waals surface area contributed by atoms with E-state index in [0.29, 0.717) is 34.6 Å². The highest BCUT2D eigenvalue weighted by Gasteiger charge is 2.48. The Balaban J connectivity index is 1.60. The van der Waals surface area contributed by atoms with Crippen LogP contribution in [-0.4, -0.2) is 40.3 Å². The Morgan fingerprint density at radius 3 is 2.55 bits per heavy atom. The molecule has 0 radical (unpaired) electrons. The number of nitrogens with zero attached hydrogens (tertiary/aromatic N) is 3. The molecule has 0 N–H and O–H groups in total. The van der Waals surface area contributed by atoms with Crippen molar-refractivity contribution in [2.24, 2.45) is 5.92 Å². The minimum atomic E-state index is -4.79. The summed E-state index contributed by atoms with van der Waals surface area (Å²) in [5.41, 5.74) is 0.776. The van der Waals surface area contributed by atoms with Gasteiger partial charge in [-0.15, -0.1) is 11.8 Å². The van der Waals surface area contributed by atoms with Crippen LogP contribution in [0.15, 0.2) is 64.4 Å². The van der Waals surface area contributed by atoms with Gasteiger partial charge in [0.1, 0.15) is 18.5 Å². The Labute approximate surface area is 230 Å². The van der Waals surface area contributed by atoms with Gasteiger partial charge >= 0.3 is 12.1 Å². The summed E-state index contributed by atoms with van der Waals surface area (Å²) >= 11 is 1.46. The summed E-state index contributed by atoms with van der Waals surface area (Å²) in [5.74, 6) is -2.87. The third-order valence-corrected chi connectivity index (χ3v) is 8.56. The summed E-state index contributed by atoms with van der Waals surface area (Å²) in [5, 5.41) is 1.48. The average molecular weight is 574 g/mol. The van der Waals surface area contributed by atoms with E-state index < -0.39 is 65.4 Å². The second-order valence-corrected chi connectivity index (χ2v) is 11.1. The van der Waals surface area contributed by atoms with E-state index in [1.54, 1.807) is 12.1 Å². The Bertz CT molecular complexity index is 1590. The summed E-state index contributed by atoms with van der Waals surface area (Å²) in [6.07, 6.45) is -2.39. The molecule has 40 heavy (non-hydrogen) atoms. The molecule has 1 saturated carbocycles. The highest BCUT2D eigenvalue weighted by molar-refractivity contribution is 7.98. The summed E-state index contributed by atoms with van der Waals surface area (Å²) in [7, 11) is 0. The molecule has 2 aromatic carbocycles. The van der Waals surface area contributed by atoms with Crippen LogP contribution in [0.2, 0.25) is 0 Å². The second-order valence-electron chi connectivity index (χ2n) is 10.0. The minimum absolute atomic E-state index is 0.430. The first kappa shape index (κ1) is 26.4. The summed E-state index contributed by atoms with van der Waals surface area (Å²) in [6, 6.07) is 9.60. The lowest BCUT2D eigenvalue weighted by atomic mass is 9.94. The molecule has 2 aliphatic heterocycles. The van der Waals surface area contributed by atoms with Crippen molar-refractivity contribution in [2.45, 2.75) is 48.7 Å². The predicted octanol–water partition coefficient (Wildman–Crippen LogP) is 5.00. The molecule has 1 aliphatic carbocycles. The molecule has 1 amide bonds. The van der Waals surface area contributed by atoms with Crippen molar-refractivity contribution in [1.29, 1.82) is 0 Å². The topological polar surface area (TPSA) is 71.8 Å². The number of esters is 1. The molecule has 3 aromatic rings. The number of alkyl halides is 3. The normalized spacial score (nSPS) is 19.3. The first-order valence-corrected chi connectivity index (χ1v) is 13.6. The maximum atomic E-state index is 14.7. The van der Waals surface area contributed by atoms with Crippen LogP contribution >= 0.6 is 11.8 Å². The number of rotatable bonds is 4. The number of benzene rings is 2. The van der Waals surface area contributed by atoms with Gasteiger partial charge in [-0.25, -0.2) is 4.39 Å². The third-order valence-electron chi connectivity index (χ3n) is 7.42. The maximum absolute atomic E-state index is 14.7. The molecule has 208 valence electrons. The standard InChI is InChI=1S/C28H23F4N3O4S/c1-15(28(30,31)32)33-14-35(34-11-10-21(36)25(24(34)26(33)37)39-27(38)16-6-7-16)23-19-5-3-2-4-17(19)13-40-22-9-8-18(29)12-20(22)23/h2-5,8-12,15-16,23H,6-7,13-14H2,1H3/t15-,23+/m1/s1. The maximum Gasteiger partial charge on any atom is 0.408 e. The van der Waals surface area contributed by atoms with Gasteiger partial charge in [-0.3, -0.25) is 24.1 Å². The molecule has 0 spiro atoms. The zero-order valence-electron chi connectivity index (χ0n) is 21.2. The van der Waals surface area contributed by atoms with E-state index in [2.05, 4.69) is 0 Å². The van der Waals surface area contributed by atoms with E-state index in [1.165, 1.54) is 39.8 Å². The summed E-state index contributed by atoms with van der Waals surface area (Å²) in [4.78, 5) is 40.5. The summed E-state index contributed by atoms with van der Waals surface area (Å²) < 4.78 is 63.4. The molecule has 2 atom stereocenters. The molecule has 0 bridgehead atoms. The molecule has 7 nitrogen and oxygen atoms in total. The lowest BCUT2D eigenvalue weighted by Gasteiger charge is -2.46. The van der Waals surface area contributed by atoms with Crippen LogP contribution in [0.3, 0.4) is 0 Å². The van der Waals surface area contributed by atoms with Gasteiger partial charge in [0.25, 0.3) is 5.91 Å². The fourth-order valence-electron chi connectivity index (χ4n) is 5.07. The van der Waals surface area contributed by atoms with Crippen LogP contribution in [0.5, 0.6) is 5.75 Å². The third kappa shape index (κ3) is 4.53. The zero-order chi connectivity index (χ0) is 28.3. The van der Waals surface area contributed by atoms with Crippen LogP contribution in [0.1, 0.15) is 53.0 Å². The molecular formula is C28H23F4N3O4S. The summed E-state index contributed by atoms with van der Waals surface area (Å²) in [6.45, 7) is 0.318. The predicted molar refractivity (Wildman–Crippen MR) is 138 cm³/mol. The second kappa shape index (κ2) is 9.69. The van der Waals surface area contributed by atoms with Gasteiger partial charge in [0.2, 0.25) is 11.2 Å². The molecule has 12 heteroatoms. The van der Waals surface area contributed by atoms with Crippen molar-refractivity contribution >= 4 is 23.6 Å². The fraction of sp³-hybridized carbons (Fsp3) is 0.321. The number of carbonyl (C=O) groups is 2. The van der Waals surface area contributed by atoms with Crippen LogP contribution in [0, 0.1) is 11.7 Å². The number of hydrogen-bond acceptors (Lipinski definition) is 6. The lowest BCUT2D eigenvalue weighted by Crippen LogP contribution is -2.60. The molecule has 0 unspecified atom stereocenters. The van der Waals surface area contributed by atoms with E-state index >= 15 is 0 Å². The zero-order valence-corrected chi connectivity index (χ0v) is 22.0. The number of hydrogen-bond donors (Lipinski definition) is 0. The number of amides is 1. The number of halogens is 4. The van der Waals surface area contributed by atoms with E-state index in [4.69, 9.17) is 4.74 Å². The molecule has 1 aromatic heterocycles. The molecule has 1 fully saturated rings. The van der Waals surface area contributed by atoms with E-state index in [-0.39, 0.29) is 0 Å². The minimum Gasteiger partial charge on any atom is -0.420 e. The number of fused-ring (bicyclic) bond motifs is 3. The van der Waals surface area contributed by atoms with Gasteiger partial charge in [-0.2, -0.15) is 13.2 Å². The van der Waals surface area contributed by atoms with Crippen LogP contribution in [0.25, 0.3) is 0 Å². The van der Waals surface area contributed by atoms with Gasteiger partial charge < -0.3 is 9.64 Å². The first-order chi connectivity index (χ1) is 19.0. The van der Waals surface area contributed by atoms with Crippen LogP contribution < -0.4 is 15.2 Å². The highest BCUT2D eigenvalue weighted by Crippen LogP contribution is 2.44. The quantitative estimate of drug-likeness (QED) is 0.323. The van der Waals surface area contributed by atoms with Crippen molar-refractivity contribution < 1.29 is 31.9 Å². The number of carbonyl (C=O) groups excluding carboxylic acids is 2. The Kier molecular flexibility index (Phi) is 6.40. The first-order valence-electron chi connectivity index (χ1n) is 12.7. The van der Waals surface area contributed by atoms with Gasteiger partial charge in [-0.05, 0) is 54.7 Å². The number of pyridine rings is 1. The monoisotopic (exact) mass is 573 g/mol. The van der Waals surface area contributed by atoms with Gasteiger partial charge in [0, 0.05) is 22.9 Å². The molecule has 3 aliphatic rings.